The molecule has 0 unspecified atom stereocenters. The molecule has 0 saturated heterocycles. The summed E-state index contributed by atoms with van der Waals surface area (Å²) in [6.07, 6.45) is 0. The number of nitrogens with one attached hydrogen (secondary N) is 2. The Balaban J connectivity index is 2.47. The van der Waals surface area contributed by atoms with Gasteiger partial charge in [-0.05, 0) is 51.0 Å². The van der Waals surface area contributed by atoms with Crippen LogP contribution in [0.1, 0.15) is 25.0 Å². The molecule has 1 aromatic rings. The summed E-state index contributed by atoms with van der Waals surface area (Å²) in [5.74, 6) is 0.645. The smallest absolute Gasteiger partial charge is 0.317 e. The second-order valence-corrected chi connectivity index (χ2v) is 5.71. The number of carbonyl (C=O) groups excluding carboxylic acids is 1. The number of aliphatic hydroxyl groups excluding tert-OH is 1. The summed E-state index contributed by atoms with van der Waals surface area (Å²) in [6, 6.07) is 3.23. The lowest BCUT2D eigenvalue weighted by Gasteiger charge is -2.23. The van der Waals surface area contributed by atoms with Crippen molar-refractivity contribution >= 4 is 17.6 Å². The van der Waals surface area contributed by atoms with E-state index in [1.165, 1.54) is 0 Å². The van der Waals surface area contributed by atoms with Gasteiger partial charge in [0.25, 0.3) is 0 Å². The number of benzene rings is 1. The van der Waals surface area contributed by atoms with Gasteiger partial charge in [0, 0.05) is 5.02 Å². The Morgan fingerprint density at radius 2 is 1.90 bits per heavy atom. The Morgan fingerprint density at radius 3 is 2.40 bits per heavy atom. The summed E-state index contributed by atoms with van der Waals surface area (Å²) in [4.78, 5) is 11.6. The summed E-state index contributed by atoms with van der Waals surface area (Å²) < 4.78 is 5.45. The molecule has 6 heteroatoms. The number of amides is 2. The zero-order valence-electron chi connectivity index (χ0n) is 12.2. The standard InChI is InChI=1S/C14H21ClN2O3/c1-9-5-11(6-10(2)12(9)15)20-8-16-13(19)17-14(3,4)7-18/h5-6,18H,7-8H2,1-4H3,(H2,16,17,19). The number of halogens is 1. The number of aryl methyl sites for hydroxylation is 2. The third-order valence-electron chi connectivity index (χ3n) is 2.73. The number of hydrogen-bond acceptors (Lipinski definition) is 3. The maximum Gasteiger partial charge on any atom is 0.317 e. The van der Waals surface area contributed by atoms with Gasteiger partial charge in [0.2, 0.25) is 0 Å². The minimum absolute atomic E-state index is 0.0356. The van der Waals surface area contributed by atoms with Gasteiger partial charge in [-0.3, -0.25) is 0 Å². The highest BCUT2D eigenvalue weighted by atomic mass is 35.5. The van der Waals surface area contributed by atoms with Crippen LogP contribution >= 0.6 is 11.6 Å². The predicted molar refractivity (Wildman–Crippen MR) is 79.3 cm³/mol. The molecule has 0 aliphatic carbocycles. The SMILES string of the molecule is Cc1cc(OCNC(=O)NC(C)(C)CO)cc(C)c1Cl. The van der Waals surface area contributed by atoms with Gasteiger partial charge < -0.3 is 20.5 Å². The number of aliphatic hydroxyl groups is 1. The summed E-state index contributed by atoms with van der Waals surface area (Å²) >= 11 is 6.06. The maximum atomic E-state index is 11.6. The summed E-state index contributed by atoms with van der Waals surface area (Å²) in [6.45, 7) is 7.13. The first kappa shape index (κ1) is 16.6. The largest absolute Gasteiger partial charge is 0.473 e. The first-order valence-corrected chi connectivity index (χ1v) is 6.69. The molecule has 0 fully saturated rings. The molecule has 0 atom stereocenters. The Hall–Kier alpha value is -1.46. The lowest BCUT2D eigenvalue weighted by atomic mass is 10.1. The Bertz CT molecular complexity index is 466. The van der Waals surface area contributed by atoms with Crippen LogP contribution in [0, 0.1) is 13.8 Å². The van der Waals surface area contributed by atoms with Crippen molar-refractivity contribution < 1.29 is 14.6 Å². The molecule has 0 saturated carbocycles. The van der Waals surface area contributed by atoms with Gasteiger partial charge in [-0.15, -0.1) is 0 Å². The van der Waals surface area contributed by atoms with E-state index in [0.29, 0.717) is 10.8 Å². The van der Waals surface area contributed by atoms with Crippen LogP contribution in [0.2, 0.25) is 5.02 Å². The van der Waals surface area contributed by atoms with Crippen molar-refractivity contribution in [3.8, 4) is 5.75 Å². The average molecular weight is 301 g/mol. The van der Waals surface area contributed by atoms with E-state index in [1.807, 2.05) is 26.0 Å². The molecule has 0 aliphatic rings. The van der Waals surface area contributed by atoms with Crippen LogP contribution in [0.25, 0.3) is 0 Å². The van der Waals surface area contributed by atoms with E-state index in [-0.39, 0.29) is 13.3 Å². The number of hydrogen-bond donors (Lipinski definition) is 3. The monoisotopic (exact) mass is 300 g/mol. The molecular formula is C14H21ClN2O3. The maximum absolute atomic E-state index is 11.6. The van der Waals surface area contributed by atoms with Gasteiger partial charge in [-0.2, -0.15) is 0 Å². The van der Waals surface area contributed by atoms with Gasteiger partial charge >= 0.3 is 6.03 Å². The van der Waals surface area contributed by atoms with Crippen LogP contribution in [0.3, 0.4) is 0 Å². The molecule has 0 aliphatic heterocycles. The minimum atomic E-state index is -0.669. The van der Waals surface area contributed by atoms with Crippen LogP contribution in [0.5, 0.6) is 5.75 Å². The van der Waals surface area contributed by atoms with Crippen LogP contribution in [-0.4, -0.2) is 30.0 Å². The Morgan fingerprint density at radius 1 is 1.35 bits per heavy atom. The summed E-state index contributed by atoms with van der Waals surface area (Å²) in [5.41, 5.74) is 1.18. The van der Waals surface area contributed by atoms with E-state index in [0.717, 1.165) is 11.1 Å². The molecule has 112 valence electrons. The van der Waals surface area contributed by atoms with Gasteiger partial charge in [0.1, 0.15) is 5.75 Å². The van der Waals surface area contributed by atoms with E-state index >= 15 is 0 Å². The topological polar surface area (TPSA) is 70.6 Å². The number of carbonyl (C=O) groups is 1. The van der Waals surface area contributed by atoms with Gasteiger partial charge in [-0.1, -0.05) is 11.6 Å². The molecule has 1 rings (SSSR count). The fourth-order valence-electron chi connectivity index (χ4n) is 1.57. The van der Waals surface area contributed by atoms with Crippen molar-refractivity contribution in [1.29, 1.82) is 0 Å². The van der Waals surface area contributed by atoms with Crippen molar-refractivity contribution in [3.63, 3.8) is 0 Å². The van der Waals surface area contributed by atoms with Crippen LogP contribution in [0.15, 0.2) is 12.1 Å². The highest BCUT2D eigenvalue weighted by Crippen LogP contribution is 2.25. The molecule has 2 amide bonds. The fraction of sp³-hybridized carbons (Fsp3) is 0.500. The Kier molecular flexibility index (Phi) is 5.65. The van der Waals surface area contributed by atoms with Crippen LogP contribution in [0.4, 0.5) is 4.79 Å². The van der Waals surface area contributed by atoms with E-state index in [1.54, 1.807) is 13.8 Å². The van der Waals surface area contributed by atoms with E-state index in [4.69, 9.17) is 21.4 Å². The number of urea groups is 1. The second kappa shape index (κ2) is 6.81. The van der Waals surface area contributed by atoms with Gasteiger partial charge in [-0.25, -0.2) is 4.79 Å². The molecule has 0 aromatic heterocycles. The number of ether oxygens (including phenoxy) is 1. The van der Waals surface area contributed by atoms with Crippen molar-refractivity contribution in [1.82, 2.24) is 10.6 Å². The summed E-state index contributed by atoms with van der Waals surface area (Å²) in [5, 5.41) is 14.9. The predicted octanol–water partition coefficient (Wildman–Crippen LogP) is 2.36. The first-order chi connectivity index (χ1) is 9.25. The highest BCUT2D eigenvalue weighted by molar-refractivity contribution is 6.32. The molecule has 0 spiro atoms. The molecule has 3 N–H and O–H groups in total. The second-order valence-electron chi connectivity index (χ2n) is 5.33. The zero-order chi connectivity index (χ0) is 15.3. The highest BCUT2D eigenvalue weighted by Gasteiger charge is 2.18. The van der Waals surface area contributed by atoms with Crippen molar-refractivity contribution in [3.05, 3.63) is 28.3 Å². The van der Waals surface area contributed by atoms with E-state index < -0.39 is 11.6 Å². The third kappa shape index (κ3) is 4.90. The molecule has 5 nitrogen and oxygen atoms in total. The fourth-order valence-corrected chi connectivity index (χ4v) is 1.67. The van der Waals surface area contributed by atoms with Gasteiger partial charge in [0.05, 0.1) is 12.1 Å². The quantitative estimate of drug-likeness (QED) is 0.731. The molecule has 20 heavy (non-hydrogen) atoms. The third-order valence-corrected chi connectivity index (χ3v) is 3.32. The van der Waals surface area contributed by atoms with Crippen LogP contribution in [-0.2, 0) is 0 Å². The van der Waals surface area contributed by atoms with E-state index in [9.17, 15) is 4.79 Å². The van der Waals surface area contributed by atoms with Crippen molar-refractivity contribution in [2.75, 3.05) is 13.3 Å². The molecule has 0 bridgehead atoms. The van der Waals surface area contributed by atoms with E-state index in [2.05, 4.69) is 10.6 Å². The summed E-state index contributed by atoms with van der Waals surface area (Å²) in [7, 11) is 0. The minimum Gasteiger partial charge on any atom is -0.473 e. The first-order valence-electron chi connectivity index (χ1n) is 6.31. The van der Waals surface area contributed by atoms with Crippen LogP contribution < -0.4 is 15.4 Å². The van der Waals surface area contributed by atoms with Crippen molar-refractivity contribution in [2.45, 2.75) is 33.2 Å². The molecule has 0 radical (unpaired) electrons. The average Bonchev–Trinajstić information content (AvgIpc) is 2.35. The normalized spacial score (nSPS) is 11.1. The van der Waals surface area contributed by atoms with Gasteiger partial charge in [0.15, 0.2) is 6.73 Å². The molecule has 1 aromatic carbocycles. The van der Waals surface area contributed by atoms with Crippen molar-refractivity contribution in [2.24, 2.45) is 0 Å². The Labute approximate surface area is 124 Å². The lowest BCUT2D eigenvalue weighted by Crippen LogP contribution is -2.51. The lowest BCUT2D eigenvalue weighted by molar-refractivity contribution is 0.176. The molecular weight excluding hydrogens is 280 g/mol. The zero-order valence-corrected chi connectivity index (χ0v) is 13.0. The number of rotatable bonds is 5. The molecule has 0 heterocycles.